The van der Waals surface area contributed by atoms with Crippen LogP contribution >= 0.6 is 0 Å². The van der Waals surface area contributed by atoms with Gasteiger partial charge in [0.05, 0.1) is 0 Å². The van der Waals surface area contributed by atoms with E-state index in [4.69, 9.17) is 0 Å². The van der Waals surface area contributed by atoms with E-state index < -0.39 is 10.8 Å². The lowest BCUT2D eigenvalue weighted by Crippen LogP contribution is -2.58. The lowest BCUT2D eigenvalue weighted by Gasteiger charge is -2.43. The highest BCUT2D eigenvalue weighted by Crippen LogP contribution is 2.35. The van der Waals surface area contributed by atoms with Gasteiger partial charge in [0.1, 0.15) is 5.82 Å². The van der Waals surface area contributed by atoms with Crippen molar-refractivity contribution in [3.05, 3.63) is 35.6 Å². The zero-order valence-corrected chi connectivity index (χ0v) is 13.3. The lowest BCUT2D eigenvalue weighted by atomic mass is 9.73. The summed E-state index contributed by atoms with van der Waals surface area (Å²) in [4.78, 5) is 12.2. The van der Waals surface area contributed by atoms with Gasteiger partial charge < -0.3 is 10.6 Å². The molecule has 1 aliphatic carbocycles. The van der Waals surface area contributed by atoms with Crippen LogP contribution in [0, 0.1) is 5.82 Å². The number of carbonyl (C=O) groups is 1. The topological polar surface area (TPSA) is 58.2 Å². The molecule has 1 aliphatic heterocycles. The highest BCUT2D eigenvalue weighted by atomic mass is 32.2. The van der Waals surface area contributed by atoms with Crippen molar-refractivity contribution in [3.63, 3.8) is 0 Å². The summed E-state index contributed by atoms with van der Waals surface area (Å²) in [5.74, 6) is 0.967. The third kappa shape index (κ3) is 3.66. The molecule has 22 heavy (non-hydrogen) atoms. The number of halogens is 1. The zero-order chi connectivity index (χ0) is 15.6. The maximum absolute atomic E-state index is 13.3. The van der Waals surface area contributed by atoms with Crippen molar-refractivity contribution in [2.75, 3.05) is 11.5 Å². The second-order valence-electron chi connectivity index (χ2n) is 6.34. The summed E-state index contributed by atoms with van der Waals surface area (Å²) in [6, 6.07) is 6.36. The van der Waals surface area contributed by atoms with Crippen LogP contribution in [0.5, 0.6) is 0 Å². The van der Waals surface area contributed by atoms with Gasteiger partial charge in [-0.1, -0.05) is 12.1 Å². The summed E-state index contributed by atoms with van der Waals surface area (Å²) in [6.45, 7) is 0. The van der Waals surface area contributed by atoms with E-state index in [0.717, 1.165) is 31.2 Å². The van der Waals surface area contributed by atoms with Crippen LogP contribution < -0.4 is 10.6 Å². The Morgan fingerprint density at radius 3 is 2.82 bits per heavy atom. The van der Waals surface area contributed by atoms with Crippen LogP contribution in [0.3, 0.4) is 0 Å². The second-order valence-corrected chi connectivity index (χ2v) is 7.96. The van der Waals surface area contributed by atoms with Crippen molar-refractivity contribution >= 4 is 16.8 Å². The monoisotopic (exact) mass is 324 g/mol. The molecule has 2 N–H and O–H groups in total. The Morgan fingerprint density at radius 1 is 1.41 bits per heavy atom. The number of urea groups is 1. The minimum atomic E-state index is -0.799. The summed E-state index contributed by atoms with van der Waals surface area (Å²) in [6.07, 6.45) is 4.32. The summed E-state index contributed by atoms with van der Waals surface area (Å²) < 4.78 is 24.7. The van der Waals surface area contributed by atoms with Gasteiger partial charge in [0.25, 0.3) is 0 Å². The molecule has 1 saturated heterocycles. The molecule has 2 unspecified atom stereocenters. The molecule has 0 spiro atoms. The molecule has 2 aliphatic rings. The molecule has 120 valence electrons. The minimum absolute atomic E-state index is 0.00660. The largest absolute Gasteiger partial charge is 0.334 e. The first kappa shape index (κ1) is 15.5. The van der Waals surface area contributed by atoms with Crippen molar-refractivity contribution in [2.24, 2.45) is 0 Å². The Balaban J connectivity index is 1.58. The number of hydrogen-bond donors (Lipinski definition) is 2. The number of nitrogens with one attached hydrogen (secondary N) is 2. The Hall–Kier alpha value is -1.43. The van der Waals surface area contributed by atoms with Crippen LogP contribution in [0.25, 0.3) is 0 Å². The van der Waals surface area contributed by atoms with E-state index >= 15 is 0 Å². The van der Waals surface area contributed by atoms with Crippen LogP contribution in [0.4, 0.5) is 9.18 Å². The molecule has 2 fully saturated rings. The van der Waals surface area contributed by atoms with Gasteiger partial charge in [-0.15, -0.1) is 0 Å². The molecule has 3 rings (SSSR count). The van der Waals surface area contributed by atoms with E-state index in [1.807, 2.05) is 6.07 Å². The normalized spacial score (nSPS) is 26.2. The first-order valence-corrected chi connectivity index (χ1v) is 9.22. The maximum Gasteiger partial charge on any atom is 0.315 e. The van der Waals surface area contributed by atoms with Crippen LogP contribution in [-0.4, -0.2) is 33.3 Å². The minimum Gasteiger partial charge on any atom is -0.334 e. The van der Waals surface area contributed by atoms with Crippen LogP contribution in [-0.2, 0) is 17.2 Å². The van der Waals surface area contributed by atoms with Gasteiger partial charge >= 0.3 is 6.03 Å². The molecule has 1 saturated carbocycles. The molecule has 4 nitrogen and oxygen atoms in total. The SMILES string of the molecule is O=C(NC1CCS(=O)C1)NC1(Cc2cccc(F)c2)CCC1. The van der Waals surface area contributed by atoms with Gasteiger partial charge in [-0.05, 0) is 49.8 Å². The van der Waals surface area contributed by atoms with E-state index in [9.17, 15) is 13.4 Å². The first-order chi connectivity index (χ1) is 10.5. The Labute approximate surface area is 132 Å². The zero-order valence-electron chi connectivity index (χ0n) is 12.4. The van der Waals surface area contributed by atoms with Gasteiger partial charge in [-0.2, -0.15) is 0 Å². The average molecular weight is 324 g/mol. The summed E-state index contributed by atoms with van der Waals surface area (Å²) >= 11 is 0. The van der Waals surface area contributed by atoms with Gasteiger partial charge in [0, 0.05) is 33.9 Å². The molecular weight excluding hydrogens is 303 g/mol. The molecule has 1 heterocycles. The van der Waals surface area contributed by atoms with Gasteiger partial charge in [0.2, 0.25) is 0 Å². The van der Waals surface area contributed by atoms with E-state index in [1.165, 1.54) is 12.1 Å². The molecular formula is C16H21FN2O2S. The Kier molecular flexibility index (Phi) is 4.47. The third-order valence-electron chi connectivity index (χ3n) is 4.54. The molecule has 2 atom stereocenters. The molecule has 1 aromatic rings. The van der Waals surface area contributed by atoms with Gasteiger partial charge in [-0.3, -0.25) is 4.21 Å². The fraction of sp³-hybridized carbons (Fsp3) is 0.562. The van der Waals surface area contributed by atoms with Gasteiger partial charge in [-0.25, -0.2) is 9.18 Å². The standard InChI is InChI=1S/C16H21FN2O2S/c17-13-4-1-3-12(9-13)10-16(6-2-7-16)19-15(20)18-14-5-8-22(21)11-14/h1,3-4,9,14H,2,5-8,10-11H2,(H2,18,19,20). The smallest absolute Gasteiger partial charge is 0.315 e. The molecule has 0 bridgehead atoms. The molecule has 6 heteroatoms. The Morgan fingerprint density at radius 2 is 2.23 bits per heavy atom. The molecule has 1 aromatic carbocycles. The Bertz CT molecular complexity index is 589. The maximum atomic E-state index is 13.3. The van der Waals surface area contributed by atoms with Crippen molar-refractivity contribution < 1.29 is 13.4 Å². The van der Waals surface area contributed by atoms with E-state index in [1.54, 1.807) is 6.07 Å². The van der Waals surface area contributed by atoms with Gasteiger partial charge in [0.15, 0.2) is 0 Å². The highest BCUT2D eigenvalue weighted by molar-refractivity contribution is 7.85. The number of hydrogen-bond acceptors (Lipinski definition) is 2. The quantitative estimate of drug-likeness (QED) is 0.891. The van der Waals surface area contributed by atoms with Crippen molar-refractivity contribution in [2.45, 2.75) is 43.7 Å². The molecule has 0 radical (unpaired) electrons. The highest BCUT2D eigenvalue weighted by Gasteiger charge is 2.39. The van der Waals surface area contributed by atoms with E-state index in [-0.39, 0.29) is 23.4 Å². The number of benzene rings is 1. The summed E-state index contributed by atoms with van der Waals surface area (Å²) in [5, 5.41) is 5.98. The fourth-order valence-corrected chi connectivity index (χ4v) is 4.64. The number of amides is 2. The molecule has 0 aromatic heterocycles. The second kappa shape index (κ2) is 6.36. The van der Waals surface area contributed by atoms with Crippen molar-refractivity contribution in [3.8, 4) is 0 Å². The predicted molar refractivity (Wildman–Crippen MR) is 84.6 cm³/mol. The van der Waals surface area contributed by atoms with Crippen LogP contribution in [0.1, 0.15) is 31.2 Å². The first-order valence-electron chi connectivity index (χ1n) is 7.73. The average Bonchev–Trinajstić information content (AvgIpc) is 2.81. The van der Waals surface area contributed by atoms with Crippen molar-refractivity contribution in [1.82, 2.24) is 10.6 Å². The van der Waals surface area contributed by atoms with E-state index in [2.05, 4.69) is 10.6 Å². The fourth-order valence-electron chi connectivity index (χ4n) is 3.23. The predicted octanol–water partition coefficient (Wildman–Crippen LogP) is 2.11. The number of carbonyl (C=O) groups excluding carboxylic acids is 1. The lowest BCUT2D eigenvalue weighted by molar-refractivity contribution is 0.174. The van der Waals surface area contributed by atoms with Crippen molar-refractivity contribution in [1.29, 1.82) is 0 Å². The van der Waals surface area contributed by atoms with E-state index in [0.29, 0.717) is 17.9 Å². The summed E-state index contributed by atoms with van der Waals surface area (Å²) in [7, 11) is -0.799. The molecule has 2 amide bonds. The van der Waals surface area contributed by atoms with Crippen LogP contribution in [0.15, 0.2) is 24.3 Å². The third-order valence-corrected chi connectivity index (χ3v) is 6.00. The number of rotatable bonds is 4. The van der Waals surface area contributed by atoms with Crippen LogP contribution in [0.2, 0.25) is 0 Å². The summed E-state index contributed by atoms with van der Waals surface area (Å²) in [5.41, 5.74) is 0.636.